The molecule has 1 heterocycles. The van der Waals surface area contributed by atoms with Crippen molar-refractivity contribution in [2.75, 3.05) is 7.11 Å². The van der Waals surface area contributed by atoms with Gasteiger partial charge in [-0.2, -0.15) is 0 Å². The van der Waals surface area contributed by atoms with Crippen LogP contribution in [0.25, 0.3) is 10.9 Å². The Balaban J connectivity index is 2.74. The highest BCUT2D eigenvalue weighted by atomic mass is 16.5. The lowest BCUT2D eigenvalue weighted by Crippen LogP contribution is -2.37. The fraction of sp³-hybridized carbons (Fsp3) is 0.333. The first-order chi connectivity index (χ1) is 8.52. The van der Waals surface area contributed by atoms with Crippen LogP contribution >= 0.6 is 0 Å². The molecule has 2 rings (SSSR count). The van der Waals surface area contributed by atoms with E-state index in [1.807, 2.05) is 0 Å². The highest BCUT2D eigenvalue weighted by Crippen LogP contribution is 2.15. The number of hydrogen-bond donors (Lipinski definition) is 2. The van der Waals surface area contributed by atoms with Crippen LogP contribution in [0.15, 0.2) is 27.8 Å². The number of fused-ring (bicyclic) bond motifs is 1. The van der Waals surface area contributed by atoms with E-state index in [4.69, 9.17) is 4.74 Å². The van der Waals surface area contributed by atoms with Crippen LogP contribution in [0.1, 0.15) is 6.92 Å². The van der Waals surface area contributed by atoms with Gasteiger partial charge < -0.3 is 14.8 Å². The molecule has 0 bridgehead atoms. The fourth-order valence-electron chi connectivity index (χ4n) is 1.79. The Kier molecular flexibility index (Phi) is 3.20. The molecule has 18 heavy (non-hydrogen) atoms. The van der Waals surface area contributed by atoms with E-state index in [1.165, 1.54) is 14.0 Å². The molecule has 1 atom stereocenters. The molecule has 1 aromatic heterocycles. The Morgan fingerprint density at radius 2 is 2.17 bits per heavy atom. The molecular weight excluding hydrogens is 236 g/mol. The number of nitrogens with one attached hydrogen (secondary N) is 1. The van der Waals surface area contributed by atoms with E-state index in [-0.39, 0.29) is 6.54 Å². The Labute approximate surface area is 102 Å². The number of benzene rings is 1. The summed E-state index contributed by atoms with van der Waals surface area (Å²) in [5.74, 6) is 0.537. The third-order valence-corrected chi connectivity index (χ3v) is 2.64. The molecule has 6 nitrogen and oxygen atoms in total. The summed E-state index contributed by atoms with van der Waals surface area (Å²) < 4.78 is 6.02. The highest BCUT2D eigenvalue weighted by Gasteiger charge is 2.10. The Bertz CT molecular complexity index is 685. The number of aliphatic hydroxyl groups excluding tert-OH is 1. The van der Waals surface area contributed by atoms with Crippen molar-refractivity contribution in [2.45, 2.75) is 19.6 Å². The minimum absolute atomic E-state index is 0.0404. The highest BCUT2D eigenvalue weighted by molar-refractivity contribution is 5.78. The zero-order valence-electron chi connectivity index (χ0n) is 10.1. The zero-order chi connectivity index (χ0) is 13.3. The lowest BCUT2D eigenvalue weighted by molar-refractivity contribution is 0.170. The second-order valence-corrected chi connectivity index (χ2v) is 4.11. The van der Waals surface area contributed by atoms with Gasteiger partial charge in [0, 0.05) is 0 Å². The molecule has 0 saturated carbocycles. The Morgan fingerprint density at radius 3 is 2.78 bits per heavy atom. The molecular formula is C12H14N2O4. The monoisotopic (exact) mass is 250 g/mol. The zero-order valence-corrected chi connectivity index (χ0v) is 10.1. The van der Waals surface area contributed by atoms with Gasteiger partial charge in [0.05, 0.1) is 30.7 Å². The first kappa shape index (κ1) is 12.4. The van der Waals surface area contributed by atoms with Gasteiger partial charge in [-0.15, -0.1) is 0 Å². The molecule has 0 amide bonds. The smallest absolute Gasteiger partial charge is 0.328 e. The van der Waals surface area contributed by atoms with Crippen LogP contribution in [0.2, 0.25) is 0 Å². The summed E-state index contributed by atoms with van der Waals surface area (Å²) in [4.78, 5) is 26.4. The number of aliphatic hydroxyl groups is 1. The number of methoxy groups -OCH3 is 1. The average Bonchev–Trinajstić information content (AvgIpc) is 2.34. The van der Waals surface area contributed by atoms with Gasteiger partial charge in [-0.05, 0) is 25.1 Å². The number of ether oxygens (including phenoxy) is 1. The van der Waals surface area contributed by atoms with E-state index in [1.54, 1.807) is 18.2 Å². The summed E-state index contributed by atoms with van der Waals surface area (Å²) in [6.07, 6.45) is -0.771. The molecule has 0 saturated heterocycles. The van der Waals surface area contributed by atoms with Crippen LogP contribution in [0.5, 0.6) is 5.75 Å². The normalized spacial score (nSPS) is 12.6. The summed E-state index contributed by atoms with van der Waals surface area (Å²) >= 11 is 0. The SMILES string of the molecule is COc1ccc2[nH]c(=O)n(CC(C)O)c(=O)c2c1. The lowest BCUT2D eigenvalue weighted by Gasteiger charge is -2.08. The van der Waals surface area contributed by atoms with Gasteiger partial charge in [0.1, 0.15) is 5.75 Å². The van der Waals surface area contributed by atoms with Gasteiger partial charge >= 0.3 is 5.69 Å². The molecule has 2 N–H and O–H groups in total. The van der Waals surface area contributed by atoms with Crippen LogP contribution in [0.3, 0.4) is 0 Å². The third kappa shape index (κ3) is 2.14. The van der Waals surface area contributed by atoms with Gasteiger partial charge in [0.15, 0.2) is 0 Å². The van der Waals surface area contributed by atoms with E-state index in [9.17, 15) is 14.7 Å². The third-order valence-electron chi connectivity index (χ3n) is 2.64. The van der Waals surface area contributed by atoms with Gasteiger partial charge in [-0.25, -0.2) is 4.79 Å². The van der Waals surface area contributed by atoms with E-state index in [0.29, 0.717) is 16.7 Å². The van der Waals surface area contributed by atoms with E-state index in [2.05, 4.69) is 4.98 Å². The standard InChI is InChI=1S/C12H14N2O4/c1-7(15)6-14-11(16)9-5-8(18-2)3-4-10(9)13-12(14)17/h3-5,7,15H,6H2,1-2H3,(H,13,17). The summed E-state index contributed by atoms with van der Waals surface area (Å²) in [5.41, 5.74) is -0.514. The lowest BCUT2D eigenvalue weighted by atomic mass is 10.2. The minimum atomic E-state index is -0.771. The quantitative estimate of drug-likeness (QED) is 0.808. The molecule has 0 fully saturated rings. The minimum Gasteiger partial charge on any atom is -0.497 e. The molecule has 2 aromatic rings. The molecule has 0 aliphatic heterocycles. The van der Waals surface area contributed by atoms with Gasteiger partial charge in [0.2, 0.25) is 0 Å². The molecule has 0 aliphatic rings. The Morgan fingerprint density at radius 1 is 1.44 bits per heavy atom. The predicted octanol–water partition coefficient (Wildman–Crippen LogP) is 0.0792. The van der Waals surface area contributed by atoms with Crippen molar-refractivity contribution in [3.05, 3.63) is 39.0 Å². The van der Waals surface area contributed by atoms with Crippen LogP contribution in [-0.2, 0) is 6.54 Å². The predicted molar refractivity (Wildman–Crippen MR) is 67.1 cm³/mol. The summed E-state index contributed by atoms with van der Waals surface area (Å²) in [6, 6.07) is 4.84. The average molecular weight is 250 g/mol. The number of rotatable bonds is 3. The number of hydrogen-bond acceptors (Lipinski definition) is 4. The summed E-state index contributed by atoms with van der Waals surface area (Å²) in [7, 11) is 1.50. The number of aromatic nitrogens is 2. The van der Waals surface area contributed by atoms with E-state index >= 15 is 0 Å². The van der Waals surface area contributed by atoms with Crippen molar-refractivity contribution >= 4 is 10.9 Å². The Hall–Kier alpha value is -2.08. The van der Waals surface area contributed by atoms with Crippen molar-refractivity contribution < 1.29 is 9.84 Å². The molecule has 0 aliphatic carbocycles. The van der Waals surface area contributed by atoms with Crippen LogP contribution in [-0.4, -0.2) is 27.9 Å². The maximum Gasteiger partial charge on any atom is 0.328 e. The summed E-state index contributed by atoms with van der Waals surface area (Å²) in [6.45, 7) is 1.48. The largest absolute Gasteiger partial charge is 0.497 e. The number of nitrogens with zero attached hydrogens (tertiary/aromatic N) is 1. The van der Waals surface area contributed by atoms with Gasteiger partial charge in [-0.1, -0.05) is 0 Å². The second kappa shape index (κ2) is 4.66. The maximum absolute atomic E-state index is 12.1. The van der Waals surface area contributed by atoms with Crippen LogP contribution < -0.4 is 16.0 Å². The van der Waals surface area contributed by atoms with Crippen LogP contribution in [0, 0.1) is 0 Å². The second-order valence-electron chi connectivity index (χ2n) is 4.11. The van der Waals surface area contributed by atoms with Crippen molar-refractivity contribution in [3.8, 4) is 5.75 Å². The first-order valence-electron chi connectivity index (χ1n) is 5.52. The van der Waals surface area contributed by atoms with Crippen molar-refractivity contribution in [1.29, 1.82) is 0 Å². The summed E-state index contributed by atoms with van der Waals surface area (Å²) in [5, 5.41) is 9.65. The molecule has 1 unspecified atom stereocenters. The molecule has 1 aromatic carbocycles. The first-order valence-corrected chi connectivity index (χ1v) is 5.52. The van der Waals surface area contributed by atoms with Crippen molar-refractivity contribution in [3.63, 3.8) is 0 Å². The van der Waals surface area contributed by atoms with E-state index < -0.39 is 17.4 Å². The van der Waals surface area contributed by atoms with Crippen molar-refractivity contribution in [2.24, 2.45) is 0 Å². The molecule has 6 heteroatoms. The van der Waals surface area contributed by atoms with E-state index in [0.717, 1.165) is 4.57 Å². The van der Waals surface area contributed by atoms with Crippen LogP contribution in [0.4, 0.5) is 0 Å². The topological polar surface area (TPSA) is 84.3 Å². The van der Waals surface area contributed by atoms with Gasteiger partial charge in [-0.3, -0.25) is 9.36 Å². The fourth-order valence-corrected chi connectivity index (χ4v) is 1.79. The molecule has 0 radical (unpaired) electrons. The maximum atomic E-state index is 12.1. The molecule has 96 valence electrons. The molecule has 0 spiro atoms. The van der Waals surface area contributed by atoms with Gasteiger partial charge in [0.25, 0.3) is 5.56 Å². The number of aromatic amines is 1. The van der Waals surface area contributed by atoms with Crippen molar-refractivity contribution in [1.82, 2.24) is 9.55 Å². The number of H-pyrrole nitrogens is 1.